The molecule has 0 radical (unpaired) electrons. The van der Waals surface area contributed by atoms with E-state index < -0.39 is 0 Å². The third-order valence-corrected chi connectivity index (χ3v) is 3.94. The van der Waals surface area contributed by atoms with Gasteiger partial charge in [-0.25, -0.2) is 0 Å². The van der Waals surface area contributed by atoms with Crippen molar-refractivity contribution in [3.05, 3.63) is 0 Å². The van der Waals surface area contributed by atoms with Crippen molar-refractivity contribution in [1.29, 1.82) is 0 Å². The maximum Gasteiger partial charge on any atom is 0.239 e. The standard InChI is InChI=1S/C11H20N2O/c1-7(8-6-11(8,2)3)13-5-4-9(12)10(13)14/h7-9H,4-6,12H2,1-3H3. The number of carbonyl (C=O) groups excluding carboxylic acids is 1. The molecule has 0 aromatic rings. The molecule has 2 fully saturated rings. The molecule has 14 heavy (non-hydrogen) atoms. The van der Waals surface area contributed by atoms with Crippen LogP contribution >= 0.6 is 0 Å². The highest BCUT2D eigenvalue weighted by atomic mass is 16.2. The molecule has 0 aromatic heterocycles. The van der Waals surface area contributed by atoms with Crippen molar-refractivity contribution in [3.63, 3.8) is 0 Å². The van der Waals surface area contributed by atoms with E-state index in [2.05, 4.69) is 20.8 Å². The van der Waals surface area contributed by atoms with E-state index >= 15 is 0 Å². The van der Waals surface area contributed by atoms with Gasteiger partial charge in [0.2, 0.25) is 5.91 Å². The smallest absolute Gasteiger partial charge is 0.239 e. The van der Waals surface area contributed by atoms with Crippen LogP contribution in [0.25, 0.3) is 0 Å². The third kappa shape index (κ3) is 1.44. The monoisotopic (exact) mass is 196 g/mol. The zero-order valence-corrected chi connectivity index (χ0v) is 9.29. The highest BCUT2D eigenvalue weighted by Crippen LogP contribution is 2.54. The van der Waals surface area contributed by atoms with Crippen LogP contribution in [0.5, 0.6) is 0 Å². The molecule has 2 rings (SSSR count). The van der Waals surface area contributed by atoms with Crippen LogP contribution in [0.2, 0.25) is 0 Å². The number of hydrogen-bond acceptors (Lipinski definition) is 2. The fraction of sp³-hybridized carbons (Fsp3) is 0.909. The molecule has 3 heteroatoms. The van der Waals surface area contributed by atoms with Gasteiger partial charge in [0.05, 0.1) is 6.04 Å². The van der Waals surface area contributed by atoms with E-state index in [1.165, 1.54) is 6.42 Å². The Bertz CT molecular complexity index is 262. The van der Waals surface area contributed by atoms with E-state index in [0.29, 0.717) is 17.4 Å². The molecule has 3 unspecified atom stereocenters. The number of rotatable bonds is 2. The SMILES string of the molecule is CC(C1CC1(C)C)N1CCC(N)C1=O. The van der Waals surface area contributed by atoms with Crippen molar-refractivity contribution in [3.8, 4) is 0 Å². The Morgan fingerprint density at radius 3 is 2.50 bits per heavy atom. The molecule has 0 bridgehead atoms. The summed E-state index contributed by atoms with van der Waals surface area (Å²) in [5, 5.41) is 0. The fourth-order valence-corrected chi connectivity index (χ4v) is 2.68. The number of nitrogens with two attached hydrogens (primary N) is 1. The van der Waals surface area contributed by atoms with E-state index in [0.717, 1.165) is 13.0 Å². The molecule has 1 heterocycles. The number of amides is 1. The van der Waals surface area contributed by atoms with Crippen LogP contribution in [-0.4, -0.2) is 29.4 Å². The Balaban J connectivity index is 2.00. The van der Waals surface area contributed by atoms with Crippen LogP contribution in [0.4, 0.5) is 0 Å². The van der Waals surface area contributed by atoms with Gasteiger partial charge in [0.25, 0.3) is 0 Å². The first kappa shape index (κ1) is 9.97. The second-order valence-corrected chi connectivity index (χ2v) is 5.47. The average Bonchev–Trinajstić information content (AvgIpc) is 2.61. The first-order chi connectivity index (χ1) is 6.43. The van der Waals surface area contributed by atoms with Crippen molar-refractivity contribution >= 4 is 5.91 Å². The van der Waals surface area contributed by atoms with Gasteiger partial charge in [-0.15, -0.1) is 0 Å². The maximum atomic E-state index is 11.7. The number of hydrogen-bond donors (Lipinski definition) is 1. The van der Waals surface area contributed by atoms with Gasteiger partial charge >= 0.3 is 0 Å². The lowest BCUT2D eigenvalue weighted by molar-refractivity contribution is -0.130. The minimum absolute atomic E-state index is 0.153. The van der Waals surface area contributed by atoms with Crippen LogP contribution < -0.4 is 5.73 Å². The Hall–Kier alpha value is -0.570. The lowest BCUT2D eigenvalue weighted by atomic mass is 10.0. The molecule has 80 valence electrons. The second kappa shape index (κ2) is 2.96. The van der Waals surface area contributed by atoms with Crippen molar-refractivity contribution in [2.45, 2.75) is 45.7 Å². The molecule has 1 saturated carbocycles. The first-order valence-corrected chi connectivity index (χ1v) is 5.49. The van der Waals surface area contributed by atoms with E-state index in [9.17, 15) is 4.79 Å². The summed E-state index contributed by atoms with van der Waals surface area (Å²) in [7, 11) is 0. The molecule has 2 N–H and O–H groups in total. The summed E-state index contributed by atoms with van der Waals surface area (Å²) in [6.45, 7) is 7.56. The largest absolute Gasteiger partial charge is 0.338 e. The predicted molar refractivity (Wildman–Crippen MR) is 55.7 cm³/mol. The summed E-state index contributed by atoms with van der Waals surface area (Å²) in [6.07, 6.45) is 2.07. The number of carbonyl (C=O) groups is 1. The summed E-state index contributed by atoms with van der Waals surface area (Å²) >= 11 is 0. The van der Waals surface area contributed by atoms with Gasteiger partial charge in [0, 0.05) is 12.6 Å². The third-order valence-electron chi connectivity index (χ3n) is 3.94. The van der Waals surface area contributed by atoms with Crippen LogP contribution in [0.15, 0.2) is 0 Å². The van der Waals surface area contributed by atoms with Gasteiger partial charge in [-0.2, -0.15) is 0 Å². The zero-order chi connectivity index (χ0) is 10.5. The minimum atomic E-state index is -0.237. The van der Waals surface area contributed by atoms with Crippen molar-refractivity contribution in [1.82, 2.24) is 4.90 Å². The Morgan fingerprint density at radius 2 is 2.14 bits per heavy atom. The summed E-state index contributed by atoms with van der Waals surface area (Å²) in [4.78, 5) is 13.7. The van der Waals surface area contributed by atoms with Gasteiger partial charge in [0.15, 0.2) is 0 Å². The molecule has 0 spiro atoms. The molecule has 3 atom stereocenters. The summed E-state index contributed by atoms with van der Waals surface area (Å²) < 4.78 is 0. The molecule has 3 nitrogen and oxygen atoms in total. The van der Waals surface area contributed by atoms with Gasteiger partial charge in [0.1, 0.15) is 0 Å². The molecule has 1 aliphatic carbocycles. The van der Waals surface area contributed by atoms with Gasteiger partial charge in [-0.1, -0.05) is 13.8 Å². The van der Waals surface area contributed by atoms with Gasteiger partial charge < -0.3 is 10.6 Å². The van der Waals surface area contributed by atoms with Crippen LogP contribution in [0.1, 0.15) is 33.6 Å². The topological polar surface area (TPSA) is 46.3 Å². The predicted octanol–water partition coefficient (Wildman–Crippen LogP) is 0.981. The highest BCUT2D eigenvalue weighted by Gasteiger charge is 2.51. The van der Waals surface area contributed by atoms with Crippen LogP contribution in [0.3, 0.4) is 0 Å². The van der Waals surface area contributed by atoms with Crippen molar-refractivity contribution < 1.29 is 4.79 Å². The maximum absolute atomic E-state index is 11.7. The van der Waals surface area contributed by atoms with Crippen LogP contribution in [0, 0.1) is 11.3 Å². The number of nitrogens with zero attached hydrogens (tertiary/aromatic N) is 1. The average molecular weight is 196 g/mol. The molecule has 0 aromatic carbocycles. The zero-order valence-electron chi connectivity index (χ0n) is 9.29. The van der Waals surface area contributed by atoms with E-state index in [4.69, 9.17) is 5.73 Å². The Labute approximate surface area is 85.6 Å². The molecule has 2 aliphatic rings. The second-order valence-electron chi connectivity index (χ2n) is 5.47. The summed E-state index contributed by atoms with van der Waals surface area (Å²) in [5.74, 6) is 0.831. The molecular formula is C11H20N2O. The number of likely N-dealkylation sites (tertiary alicyclic amines) is 1. The molecule has 1 aliphatic heterocycles. The quantitative estimate of drug-likeness (QED) is 0.715. The molecule has 1 amide bonds. The Kier molecular flexibility index (Phi) is 2.11. The van der Waals surface area contributed by atoms with E-state index in [1.807, 2.05) is 4.90 Å². The molecular weight excluding hydrogens is 176 g/mol. The molecule has 1 saturated heterocycles. The van der Waals surface area contributed by atoms with Crippen LogP contribution in [-0.2, 0) is 4.79 Å². The van der Waals surface area contributed by atoms with Gasteiger partial charge in [-0.3, -0.25) is 4.79 Å². The lowest BCUT2D eigenvalue weighted by Gasteiger charge is -2.25. The fourth-order valence-electron chi connectivity index (χ4n) is 2.68. The normalized spacial score (nSPS) is 37.4. The van der Waals surface area contributed by atoms with Crippen molar-refractivity contribution in [2.24, 2.45) is 17.1 Å². The van der Waals surface area contributed by atoms with Gasteiger partial charge in [-0.05, 0) is 31.1 Å². The highest BCUT2D eigenvalue weighted by molar-refractivity contribution is 5.84. The first-order valence-electron chi connectivity index (χ1n) is 5.49. The summed E-state index contributed by atoms with van der Waals surface area (Å²) in [6, 6.07) is 0.144. The van der Waals surface area contributed by atoms with Crippen molar-refractivity contribution in [2.75, 3.05) is 6.54 Å². The van der Waals surface area contributed by atoms with E-state index in [1.54, 1.807) is 0 Å². The Morgan fingerprint density at radius 1 is 1.57 bits per heavy atom. The minimum Gasteiger partial charge on any atom is -0.338 e. The van der Waals surface area contributed by atoms with E-state index in [-0.39, 0.29) is 11.9 Å². The summed E-state index contributed by atoms with van der Waals surface area (Å²) in [5.41, 5.74) is 6.14. The lowest BCUT2D eigenvalue weighted by Crippen LogP contribution is -2.41.